The molecular weight excluding hydrogens is 493 g/mol. The molecule has 0 fully saturated rings. The molecule has 11 nitrogen and oxygen atoms in total. The Morgan fingerprint density at radius 3 is 2.70 bits per heavy atom. The lowest BCUT2D eigenvalue weighted by Gasteiger charge is -2.15. The molecule has 3 heterocycles. The molecular formula is C23H25F3N8O3. The number of nitrogens with one attached hydrogen (secondary N) is 3. The van der Waals surface area contributed by atoms with Crippen molar-refractivity contribution < 1.29 is 27.9 Å². The van der Waals surface area contributed by atoms with Gasteiger partial charge in [-0.15, -0.1) is 0 Å². The largest absolute Gasteiger partial charge is 0.483 e. The number of aryl methyl sites for hydroxylation is 1. The summed E-state index contributed by atoms with van der Waals surface area (Å²) in [6.07, 6.45) is 1.51. The lowest BCUT2D eigenvalue weighted by Crippen LogP contribution is -2.38. The van der Waals surface area contributed by atoms with Crippen molar-refractivity contribution >= 4 is 29.5 Å². The fourth-order valence-electron chi connectivity index (χ4n) is 3.59. The molecule has 0 saturated carbocycles. The number of amides is 1. The first-order valence-electron chi connectivity index (χ1n) is 11.1. The van der Waals surface area contributed by atoms with Gasteiger partial charge in [-0.3, -0.25) is 19.1 Å². The highest BCUT2D eigenvalue weighted by Gasteiger charge is 2.37. The molecule has 0 radical (unpaired) electrons. The van der Waals surface area contributed by atoms with E-state index in [-0.39, 0.29) is 29.7 Å². The van der Waals surface area contributed by atoms with E-state index in [9.17, 15) is 18.0 Å². The second-order valence-corrected chi connectivity index (χ2v) is 7.82. The Balaban J connectivity index is 0.00000121. The SMILES string of the molecule is CCc1cc(Nc2nccn3c(-c4c[nH]nc4C(F)(F)F)cnc23)ccc1C(=O)N[C@@H](C)CN.O=CO. The van der Waals surface area contributed by atoms with Crippen LogP contribution in [0.25, 0.3) is 16.9 Å². The number of hydrogen-bond donors (Lipinski definition) is 5. The van der Waals surface area contributed by atoms with Crippen LogP contribution in [0.15, 0.2) is 43.0 Å². The molecule has 0 aliphatic rings. The number of aromatic amines is 1. The normalized spacial score (nSPS) is 11.9. The van der Waals surface area contributed by atoms with Gasteiger partial charge >= 0.3 is 6.18 Å². The smallest absolute Gasteiger partial charge is 0.435 e. The molecule has 1 aromatic carbocycles. The van der Waals surface area contributed by atoms with E-state index in [2.05, 4.69) is 30.8 Å². The topological polar surface area (TPSA) is 163 Å². The van der Waals surface area contributed by atoms with Gasteiger partial charge in [0, 0.05) is 42.4 Å². The van der Waals surface area contributed by atoms with Crippen LogP contribution in [0.5, 0.6) is 0 Å². The van der Waals surface area contributed by atoms with Crippen molar-refractivity contribution in [2.75, 3.05) is 11.9 Å². The summed E-state index contributed by atoms with van der Waals surface area (Å²) in [7, 11) is 0. The van der Waals surface area contributed by atoms with Crippen LogP contribution in [0.4, 0.5) is 24.7 Å². The van der Waals surface area contributed by atoms with E-state index < -0.39 is 11.9 Å². The van der Waals surface area contributed by atoms with Crippen molar-refractivity contribution in [2.45, 2.75) is 32.5 Å². The highest BCUT2D eigenvalue weighted by molar-refractivity contribution is 5.96. The van der Waals surface area contributed by atoms with E-state index >= 15 is 0 Å². The van der Waals surface area contributed by atoms with E-state index in [1.54, 1.807) is 12.1 Å². The fraction of sp³-hybridized carbons (Fsp3) is 0.261. The second kappa shape index (κ2) is 11.5. The Morgan fingerprint density at radius 1 is 1.32 bits per heavy atom. The van der Waals surface area contributed by atoms with Crippen molar-refractivity contribution in [3.05, 3.63) is 59.8 Å². The molecule has 0 spiro atoms. The summed E-state index contributed by atoms with van der Waals surface area (Å²) < 4.78 is 41.5. The monoisotopic (exact) mass is 518 g/mol. The molecule has 37 heavy (non-hydrogen) atoms. The molecule has 0 unspecified atom stereocenters. The number of H-pyrrole nitrogens is 1. The van der Waals surface area contributed by atoms with Gasteiger partial charge in [-0.25, -0.2) is 9.97 Å². The summed E-state index contributed by atoms with van der Waals surface area (Å²) in [5.41, 5.74) is 7.02. The zero-order valence-corrected chi connectivity index (χ0v) is 19.9. The number of benzene rings is 1. The highest BCUT2D eigenvalue weighted by Crippen LogP contribution is 2.36. The number of carbonyl (C=O) groups excluding carboxylic acids is 1. The van der Waals surface area contributed by atoms with Crippen LogP contribution in [-0.4, -0.2) is 54.6 Å². The molecule has 6 N–H and O–H groups in total. The van der Waals surface area contributed by atoms with Crippen LogP contribution in [-0.2, 0) is 17.4 Å². The predicted octanol–water partition coefficient (Wildman–Crippen LogP) is 3.22. The molecule has 0 aliphatic heterocycles. The van der Waals surface area contributed by atoms with Crippen molar-refractivity contribution in [3.8, 4) is 11.3 Å². The van der Waals surface area contributed by atoms with Gasteiger partial charge in [0.1, 0.15) is 0 Å². The molecule has 0 aliphatic carbocycles. The third-order valence-electron chi connectivity index (χ3n) is 5.34. The number of hydrogen-bond acceptors (Lipinski definition) is 7. The van der Waals surface area contributed by atoms with Crippen molar-refractivity contribution in [1.82, 2.24) is 29.9 Å². The number of alkyl halides is 3. The Bertz CT molecular complexity index is 1380. The minimum atomic E-state index is -4.61. The Labute approximate surface area is 208 Å². The lowest BCUT2D eigenvalue weighted by molar-refractivity contribution is -0.140. The van der Waals surface area contributed by atoms with Crippen LogP contribution in [0.3, 0.4) is 0 Å². The molecule has 14 heteroatoms. The maximum atomic E-state index is 13.3. The summed E-state index contributed by atoms with van der Waals surface area (Å²) >= 11 is 0. The van der Waals surface area contributed by atoms with Gasteiger partial charge in [-0.1, -0.05) is 6.92 Å². The number of halogens is 3. The molecule has 1 atom stereocenters. The second-order valence-electron chi connectivity index (χ2n) is 7.82. The van der Waals surface area contributed by atoms with E-state index in [4.69, 9.17) is 15.6 Å². The number of imidazole rings is 1. The van der Waals surface area contributed by atoms with Crippen molar-refractivity contribution in [1.29, 1.82) is 0 Å². The lowest BCUT2D eigenvalue weighted by atomic mass is 10.0. The fourth-order valence-corrected chi connectivity index (χ4v) is 3.59. The first-order valence-corrected chi connectivity index (χ1v) is 11.1. The number of aromatic nitrogens is 5. The maximum absolute atomic E-state index is 13.3. The Kier molecular flexibility index (Phi) is 8.45. The van der Waals surface area contributed by atoms with Gasteiger partial charge in [-0.05, 0) is 37.1 Å². The van der Waals surface area contributed by atoms with E-state index in [1.807, 2.05) is 19.9 Å². The Hall–Kier alpha value is -4.46. The first-order chi connectivity index (χ1) is 17.6. The van der Waals surface area contributed by atoms with Gasteiger partial charge in [0.2, 0.25) is 0 Å². The van der Waals surface area contributed by atoms with Crippen LogP contribution in [0.2, 0.25) is 0 Å². The quantitative estimate of drug-likeness (QED) is 0.233. The number of fused-ring (bicyclic) bond motifs is 1. The standard InChI is InChI=1S/C22H23F3N8O.CH2O2/c1-3-13-8-14(4-5-15(13)21(34)30-12(2)9-26)31-19-20-28-11-17(33(20)7-6-27-19)16-10-29-32-18(16)22(23,24)25;2-1-3/h4-8,10-12H,3,9,26H2,1-2H3,(H,27,31)(H,29,32)(H,30,34);1H,(H,2,3)/t12-;/m0./s1. The van der Waals surface area contributed by atoms with E-state index in [0.717, 1.165) is 5.56 Å². The highest BCUT2D eigenvalue weighted by atomic mass is 19.4. The van der Waals surface area contributed by atoms with Gasteiger partial charge in [0.25, 0.3) is 12.4 Å². The van der Waals surface area contributed by atoms with Gasteiger partial charge < -0.3 is 21.5 Å². The summed E-state index contributed by atoms with van der Waals surface area (Å²) in [4.78, 5) is 29.5. The molecule has 196 valence electrons. The average Bonchev–Trinajstić information content (AvgIpc) is 3.52. The third-order valence-corrected chi connectivity index (χ3v) is 5.34. The number of nitrogens with zero attached hydrogens (tertiary/aromatic N) is 4. The molecule has 4 aromatic rings. The minimum Gasteiger partial charge on any atom is -0.483 e. The molecule has 1 amide bonds. The summed E-state index contributed by atoms with van der Waals surface area (Å²) in [6, 6.07) is 5.11. The third kappa shape index (κ3) is 6.03. The van der Waals surface area contributed by atoms with Crippen LogP contribution in [0, 0.1) is 0 Å². The van der Waals surface area contributed by atoms with Crippen LogP contribution in [0.1, 0.15) is 35.5 Å². The van der Waals surface area contributed by atoms with E-state index in [0.29, 0.717) is 35.7 Å². The number of carboxylic acid groups (broad SMARTS) is 1. The van der Waals surface area contributed by atoms with Crippen LogP contribution >= 0.6 is 0 Å². The minimum absolute atomic E-state index is 0.118. The molecule has 0 saturated heterocycles. The zero-order chi connectivity index (χ0) is 27.2. The molecule has 4 rings (SSSR count). The van der Waals surface area contributed by atoms with E-state index in [1.165, 1.54) is 29.2 Å². The summed E-state index contributed by atoms with van der Waals surface area (Å²) in [5, 5.41) is 18.5. The number of nitrogens with two attached hydrogens (primary N) is 1. The molecule has 0 bridgehead atoms. The van der Waals surface area contributed by atoms with Crippen molar-refractivity contribution in [3.63, 3.8) is 0 Å². The van der Waals surface area contributed by atoms with Crippen molar-refractivity contribution in [2.24, 2.45) is 5.73 Å². The summed E-state index contributed by atoms with van der Waals surface area (Å²) in [6.45, 7) is 3.84. The van der Waals surface area contributed by atoms with Gasteiger partial charge in [0.15, 0.2) is 17.2 Å². The predicted molar refractivity (Wildman–Crippen MR) is 129 cm³/mol. The zero-order valence-electron chi connectivity index (χ0n) is 19.9. The Morgan fingerprint density at radius 2 is 2.05 bits per heavy atom. The van der Waals surface area contributed by atoms with Crippen LogP contribution < -0.4 is 16.4 Å². The first kappa shape index (κ1) is 27.1. The average molecular weight is 519 g/mol. The maximum Gasteiger partial charge on any atom is 0.435 e. The molecule has 3 aromatic heterocycles. The van der Waals surface area contributed by atoms with Gasteiger partial charge in [0.05, 0.1) is 17.5 Å². The summed E-state index contributed by atoms with van der Waals surface area (Å²) in [5.74, 6) is 0.141. The number of anilines is 2. The van der Waals surface area contributed by atoms with Gasteiger partial charge in [-0.2, -0.15) is 18.3 Å². The number of carbonyl (C=O) groups is 2. The number of rotatable bonds is 7.